The number of nitrogens with zero attached hydrogens (tertiary/aromatic N) is 2. The van der Waals surface area contributed by atoms with E-state index in [9.17, 15) is 9.59 Å². The molecular weight excluding hydrogens is 286 g/mol. The third-order valence-electron chi connectivity index (χ3n) is 4.30. The first-order chi connectivity index (χ1) is 10.5. The van der Waals surface area contributed by atoms with E-state index in [1.165, 1.54) is 12.8 Å². The van der Waals surface area contributed by atoms with Crippen molar-refractivity contribution in [3.8, 4) is 0 Å². The lowest BCUT2D eigenvalue weighted by atomic mass is 10.0. The van der Waals surface area contributed by atoms with Crippen LogP contribution in [-0.4, -0.2) is 33.2 Å². The zero-order chi connectivity index (χ0) is 16.1. The van der Waals surface area contributed by atoms with Gasteiger partial charge in [0.05, 0.1) is 5.92 Å². The molecule has 1 aromatic rings. The molecule has 2 atom stereocenters. The average Bonchev–Trinajstić information content (AvgIpc) is 3.14. The van der Waals surface area contributed by atoms with Crippen LogP contribution in [0.4, 0.5) is 0 Å². The number of rotatable bonds is 7. The third-order valence-corrected chi connectivity index (χ3v) is 4.30. The van der Waals surface area contributed by atoms with Gasteiger partial charge in [-0.3, -0.25) is 9.59 Å². The van der Waals surface area contributed by atoms with E-state index in [1.54, 1.807) is 13.8 Å². The maximum absolute atomic E-state index is 11.8. The summed E-state index contributed by atoms with van der Waals surface area (Å²) in [5.41, 5.74) is 0. The van der Waals surface area contributed by atoms with Crippen molar-refractivity contribution in [1.29, 1.82) is 0 Å². The molecule has 7 heteroatoms. The van der Waals surface area contributed by atoms with Crippen molar-refractivity contribution in [2.45, 2.75) is 64.3 Å². The number of aliphatic carboxylic acids is 1. The van der Waals surface area contributed by atoms with E-state index < -0.39 is 17.9 Å². The van der Waals surface area contributed by atoms with E-state index in [2.05, 4.69) is 15.5 Å². The molecule has 1 amide bonds. The molecule has 122 valence electrons. The van der Waals surface area contributed by atoms with Crippen LogP contribution in [0.1, 0.15) is 63.6 Å². The minimum absolute atomic E-state index is 0.207. The Morgan fingerprint density at radius 2 is 2.05 bits per heavy atom. The smallest absolute Gasteiger partial charge is 0.308 e. The van der Waals surface area contributed by atoms with Crippen molar-refractivity contribution >= 4 is 11.9 Å². The fourth-order valence-corrected chi connectivity index (χ4v) is 2.60. The highest BCUT2D eigenvalue weighted by Crippen LogP contribution is 2.32. The highest BCUT2D eigenvalue weighted by Gasteiger charge is 2.23. The molecule has 0 aliphatic heterocycles. The summed E-state index contributed by atoms with van der Waals surface area (Å²) in [5, 5.41) is 15.6. The van der Waals surface area contributed by atoms with E-state index in [0.29, 0.717) is 18.2 Å². The standard InChI is InChI=1S/C15H23N3O4/c1-9(15(20)21)10(2)16-12(19)7-8-13-17-14(18-22-13)11-5-3-4-6-11/h9-11H,3-8H2,1-2H3,(H,16,19)(H,20,21). The highest BCUT2D eigenvalue weighted by molar-refractivity contribution is 5.78. The van der Waals surface area contributed by atoms with Crippen LogP contribution in [0.15, 0.2) is 4.52 Å². The van der Waals surface area contributed by atoms with Crippen LogP contribution >= 0.6 is 0 Å². The second-order valence-electron chi connectivity index (χ2n) is 6.01. The summed E-state index contributed by atoms with van der Waals surface area (Å²) < 4.78 is 5.18. The van der Waals surface area contributed by atoms with Crippen molar-refractivity contribution in [1.82, 2.24) is 15.5 Å². The van der Waals surface area contributed by atoms with E-state index >= 15 is 0 Å². The fraction of sp³-hybridized carbons (Fsp3) is 0.733. The van der Waals surface area contributed by atoms with E-state index in [1.807, 2.05) is 0 Å². The molecule has 2 unspecified atom stereocenters. The van der Waals surface area contributed by atoms with Gasteiger partial charge in [0.25, 0.3) is 0 Å². The van der Waals surface area contributed by atoms with Gasteiger partial charge < -0.3 is 14.9 Å². The number of carboxylic acids is 1. The van der Waals surface area contributed by atoms with Gasteiger partial charge in [-0.15, -0.1) is 0 Å². The zero-order valence-corrected chi connectivity index (χ0v) is 13.0. The second-order valence-corrected chi connectivity index (χ2v) is 6.01. The number of aryl methyl sites for hydroxylation is 1. The first-order valence-corrected chi connectivity index (χ1v) is 7.82. The van der Waals surface area contributed by atoms with E-state index in [4.69, 9.17) is 9.63 Å². The average molecular weight is 309 g/mol. The lowest BCUT2D eigenvalue weighted by Crippen LogP contribution is -2.40. The maximum atomic E-state index is 11.8. The van der Waals surface area contributed by atoms with Crippen LogP contribution in [0, 0.1) is 5.92 Å². The van der Waals surface area contributed by atoms with E-state index in [0.717, 1.165) is 18.7 Å². The number of carboxylic acid groups (broad SMARTS) is 1. The summed E-state index contributed by atoms with van der Waals surface area (Å²) in [4.78, 5) is 27.0. The summed E-state index contributed by atoms with van der Waals surface area (Å²) in [6, 6.07) is -0.415. The first-order valence-electron chi connectivity index (χ1n) is 7.82. The SMILES string of the molecule is CC(NC(=O)CCc1nc(C2CCCC2)no1)C(C)C(=O)O. The molecule has 22 heavy (non-hydrogen) atoms. The summed E-state index contributed by atoms with van der Waals surface area (Å²) in [6.45, 7) is 3.25. The van der Waals surface area contributed by atoms with Gasteiger partial charge in [-0.2, -0.15) is 4.98 Å². The van der Waals surface area contributed by atoms with Crippen LogP contribution in [0.2, 0.25) is 0 Å². The maximum Gasteiger partial charge on any atom is 0.308 e. The Kier molecular flexibility index (Phi) is 5.51. The molecule has 1 saturated carbocycles. The summed E-state index contributed by atoms with van der Waals surface area (Å²) in [7, 11) is 0. The van der Waals surface area contributed by atoms with Gasteiger partial charge in [0.2, 0.25) is 11.8 Å². The molecular formula is C15H23N3O4. The molecule has 0 aromatic carbocycles. The molecule has 0 spiro atoms. The summed E-state index contributed by atoms with van der Waals surface area (Å²) in [6.07, 6.45) is 5.20. The minimum Gasteiger partial charge on any atom is -0.481 e. The number of nitrogens with one attached hydrogen (secondary N) is 1. The molecule has 1 aliphatic rings. The van der Waals surface area contributed by atoms with Crippen LogP contribution in [0.25, 0.3) is 0 Å². The topological polar surface area (TPSA) is 105 Å². The Hall–Kier alpha value is -1.92. The number of carbonyl (C=O) groups excluding carboxylic acids is 1. The van der Waals surface area contributed by atoms with Gasteiger partial charge in [-0.05, 0) is 26.7 Å². The molecule has 1 aromatic heterocycles. The van der Waals surface area contributed by atoms with Gasteiger partial charge in [-0.25, -0.2) is 0 Å². The quantitative estimate of drug-likeness (QED) is 0.796. The number of carbonyl (C=O) groups is 2. The van der Waals surface area contributed by atoms with Crippen LogP contribution in [0.3, 0.4) is 0 Å². The third kappa shape index (κ3) is 4.29. The normalized spacial score (nSPS) is 18.1. The predicted octanol–water partition coefficient (Wildman–Crippen LogP) is 1.89. The first kappa shape index (κ1) is 16.5. The number of amides is 1. The number of aromatic nitrogens is 2. The van der Waals surface area contributed by atoms with Gasteiger partial charge in [0, 0.05) is 24.8 Å². The molecule has 1 fully saturated rings. The van der Waals surface area contributed by atoms with Gasteiger partial charge in [0.1, 0.15) is 0 Å². The molecule has 0 radical (unpaired) electrons. The van der Waals surface area contributed by atoms with Crippen molar-refractivity contribution in [3.05, 3.63) is 11.7 Å². The molecule has 2 rings (SSSR count). The highest BCUT2D eigenvalue weighted by atomic mass is 16.5. The summed E-state index contributed by atoms with van der Waals surface area (Å²) in [5.74, 6) is -0.145. The molecule has 0 bridgehead atoms. The molecule has 2 N–H and O–H groups in total. The Morgan fingerprint density at radius 1 is 1.36 bits per heavy atom. The van der Waals surface area contributed by atoms with Crippen LogP contribution < -0.4 is 5.32 Å². The minimum atomic E-state index is -0.925. The predicted molar refractivity (Wildman–Crippen MR) is 78.2 cm³/mol. The number of hydrogen-bond acceptors (Lipinski definition) is 5. The lowest BCUT2D eigenvalue weighted by molar-refractivity contribution is -0.142. The Morgan fingerprint density at radius 3 is 2.68 bits per heavy atom. The van der Waals surface area contributed by atoms with Crippen molar-refractivity contribution in [3.63, 3.8) is 0 Å². The molecule has 7 nitrogen and oxygen atoms in total. The van der Waals surface area contributed by atoms with Gasteiger partial charge >= 0.3 is 5.97 Å². The monoisotopic (exact) mass is 309 g/mol. The largest absolute Gasteiger partial charge is 0.481 e. The molecule has 1 heterocycles. The van der Waals surface area contributed by atoms with Crippen molar-refractivity contribution in [2.24, 2.45) is 5.92 Å². The zero-order valence-electron chi connectivity index (χ0n) is 13.0. The number of hydrogen-bond donors (Lipinski definition) is 2. The molecule has 1 aliphatic carbocycles. The lowest BCUT2D eigenvalue weighted by Gasteiger charge is -2.17. The fourth-order valence-electron chi connectivity index (χ4n) is 2.60. The van der Waals surface area contributed by atoms with E-state index in [-0.39, 0.29) is 12.3 Å². The molecule has 0 saturated heterocycles. The van der Waals surface area contributed by atoms with Gasteiger partial charge in [0.15, 0.2) is 5.82 Å². The van der Waals surface area contributed by atoms with Crippen molar-refractivity contribution in [2.75, 3.05) is 0 Å². The Bertz CT molecular complexity index is 523. The Balaban J connectivity index is 1.77. The second kappa shape index (κ2) is 7.38. The van der Waals surface area contributed by atoms with Gasteiger partial charge in [-0.1, -0.05) is 18.0 Å². The van der Waals surface area contributed by atoms with Crippen molar-refractivity contribution < 1.29 is 19.2 Å². The van der Waals surface area contributed by atoms with Crippen LogP contribution in [0.5, 0.6) is 0 Å². The Labute approximate surface area is 129 Å². The van der Waals surface area contributed by atoms with Crippen LogP contribution in [-0.2, 0) is 16.0 Å². The summed E-state index contributed by atoms with van der Waals surface area (Å²) >= 11 is 0.